The number of hydrogen-bond acceptors (Lipinski definition) is 6. The Morgan fingerprint density at radius 3 is 1.59 bits per heavy atom. The number of nitrogens with two attached hydrogens (primary N) is 2. The molecule has 41 heavy (non-hydrogen) atoms. The second kappa shape index (κ2) is 7.25. The van der Waals surface area contributed by atoms with Crippen LogP contribution in [0.5, 0.6) is 0 Å². The number of aromatic nitrogens is 4. The molecule has 6 nitrogen and oxygen atoms in total. The molecular formula is C33H26N6S2+2. The van der Waals surface area contributed by atoms with Gasteiger partial charge < -0.3 is 0 Å². The molecule has 3 aliphatic carbocycles. The molecule has 3 heterocycles. The summed E-state index contributed by atoms with van der Waals surface area (Å²) in [7, 11) is 0. The van der Waals surface area contributed by atoms with Crippen LogP contribution in [-0.2, 0) is 24.2 Å². The Bertz CT molecular complexity index is 1950. The maximum absolute atomic E-state index is 7.83. The average molecular weight is 571 g/mol. The summed E-state index contributed by atoms with van der Waals surface area (Å²) in [6, 6.07) is 22.3. The van der Waals surface area contributed by atoms with Gasteiger partial charge in [-0.15, -0.1) is 23.5 Å². The van der Waals surface area contributed by atoms with Crippen molar-refractivity contribution in [3.8, 4) is 11.1 Å². The van der Waals surface area contributed by atoms with Gasteiger partial charge >= 0.3 is 17.2 Å². The van der Waals surface area contributed by atoms with Gasteiger partial charge in [-0.05, 0) is 82.0 Å². The molecule has 10 rings (SSSR count). The lowest BCUT2D eigenvalue weighted by molar-refractivity contribution is -0.933. The van der Waals surface area contributed by atoms with Crippen LogP contribution < -0.4 is 20.8 Å². The highest BCUT2D eigenvalue weighted by Crippen LogP contribution is 2.60. The number of hydrogen-bond donors (Lipinski definition) is 2. The molecule has 0 saturated carbocycles. The highest BCUT2D eigenvalue weighted by Gasteiger charge is 2.70. The van der Waals surface area contributed by atoms with Gasteiger partial charge in [-0.3, -0.25) is 11.5 Å². The molecular weight excluding hydrogens is 545 g/mol. The van der Waals surface area contributed by atoms with Crippen LogP contribution >= 0.6 is 23.5 Å². The van der Waals surface area contributed by atoms with Crippen molar-refractivity contribution in [2.75, 3.05) is 12.5 Å². The standard InChI is InChI=1S/C33H26N6S2/c1-40-22-7-3-5-16-13-18-9-11-20-21-12-10-19-14-17-6-4-8-23(41-2)28(17)33(35)30(19)25(21)26-24(20)29(18)32(34,27(16)22)38-31(26)39(33)37-15-36-38/h3-12,15,26H,13-14,34-35H2,1-2H3/q+2. The predicted molar refractivity (Wildman–Crippen MR) is 158 cm³/mol. The van der Waals surface area contributed by atoms with Gasteiger partial charge in [0.25, 0.3) is 0 Å². The van der Waals surface area contributed by atoms with Crippen molar-refractivity contribution < 1.29 is 9.36 Å². The van der Waals surface area contributed by atoms with Crippen LogP contribution in [0.3, 0.4) is 0 Å². The molecule has 198 valence electrons. The van der Waals surface area contributed by atoms with Crippen LogP contribution in [0.1, 0.15) is 67.4 Å². The SMILES string of the molecule is CSc1cccc2c1C1(N)c3c(ccc4c3C3c5c-4ccc4c5C(N)(c5c(cccc5SC)C4)[n+]4ncn[n+]1c43)C2. The lowest BCUT2D eigenvalue weighted by atomic mass is 9.68. The minimum atomic E-state index is -0.986. The van der Waals surface area contributed by atoms with E-state index in [2.05, 4.69) is 82.5 Å². The number of nitrogens with zero attached hydrogens (tertiary/aromatic N) is 4. The van der Waals surface area contributed by atoms with E-state index in [1.54, 1.807) is 29.9 Å². The third-order valence-electron chi connectivity index (χ3n) is 10.2. The monoisotopic (exact) mass is 570 g/mol. The third kappa shape index (κ3) is 2.32. The van der Waals surface area contributed by atoms with Crippen molar-refractivity contribution in [3.05, 3.63) is 128 Å². The van der Waals surface area contributed by atoms with E-state index in [4.69, 9.17) is 21.7 Å². The molecule has 0 radical (unpaired) electrons. The first-order valence-corrected chi connectivity index (χ1v) is 16.4. The maximum atomic E-state index is 7.83. The molecule has 4 N–H and O–H groups in total. The summed E-state index contributed by atoms with van der Waals surface area (Å²) in [5, 5.41) is 10.0. The van der Waals surface area contributed by atoms with Crippen molar-refractivity contribution in [1.29, 1.82) is 0 Å². The fourth-order valence-corrected chi connectivity index (χ4v) is 10.3. The summed E-state index contributed by atoms with van der Waals surface area (Å²) < 4.78 is 4.15. The van der Waals surface area contributed by atoms with E-state index in [9.17, 15) is 0 Å². The quantitative estimate of drug-likeness (QED) is 0.245. The lowest BCUT2D eigenvalue weighted by Crippen LogP contribution is -2.81. The Labute approximate surface area is 245 Å². The Hall–Kier alpha value is -3.56. The van der Waals surface area contributed by atoms with Gasteiger partial charge in [-0.2, -0.15) is 0 Å². The van der Waals surface area contributed by atoms with Crippen LogP contribution in [0.2, 0.25) is 0 Å². The zero-order valence-corrected chi connectivity index (χ0v) is 24.2. The Kier molecular flexibility index (Phi) is 4.08. The summed E-state index contributed by atoms with van der Waals surface area (Å²) >= 11 is 3.49. The lowest BCUT2D eigenvalue weighted by Gasteiger charge is -2.41. The van der Waals surface area contributed by atoms with E-state index in [0.29, 0.717) is 0 Å². The van der Waals surface area contributed by atoms with Gasteiger partial charge in [-0.25, -0.2) is 0 Å². The highest BCUT2D eigenvalue weighted by molar-refractivity contribution is 7.98. The van der Waals surface area contributed by atoms with Crippen molar-refractivity contribution in [2.24, 2.45) is 11.5 Å². The molecule has 5 aromatic rings. The summed E-state index contributed by atoms with van der Waals surface area (Å²) in [5.74, 6) is 0.935. The molecule has 2 unspecified atom stereocenters. The highest BCUT2D eigenvalue weighted by atomic mass is 32.2. The summed E-state index contributed by atoms with van der Waals surface area (Å²) in [6.07, 6.45) is 7.63. The number of thioether (sulfide) groups is 2. The maximum Gasteiger partial charge on any atom is 0.485 e. The van der Waals surface area contributed by atoms with Gasteiger partial charge in [0.15, 0.2) is 5.92 Å². The van der Waals surface area contributed by atoms with E-state index in [0.717, 1.165) is 29.8 Å². The summed E-state index contributed by atoms with van der Waals surface area (Å²) in [6.45, 7) is 0. The predicted octanol–water partition coefficient (Wildman–Crippen LogP) is 3.51. The first-order chi connectivity index (χ1) is 20.0. The fraction of sp³-hybridized carbons (Fsp3) is 0.212. The smallest absolute Gasteiger partial charge is 0.259 e. The fourth-order valence-electron chi connectivity index (χ4n) is 8.86. The molecule has 8 heteroatoms. The summed E-state index contributed by atoms with van der Waals surface area (Å²) in [4.78, 5) is 2.36. The first kappa shape index (κ1) is 23.1. The van der Waals surface area contributed by atoms with Gasteiger partial charge in [0.2, 0.25) is 6.33 Å². The molecule has 5 aliphatic rings. The normalized spacial score (nSPS) is 24.0. The second-order valence-corrected chi connectivity index (χ2v) is 13.5. The molecule has 0 amide bonds. The van der Waals surface area contributed by atoms with Gasteiger partial charge in [0, 0.05) is 29.4 Å². The number of fused-ring (bicyclic) bond motifs is 7. The topological polar surface area (TPSA) is 85.6 Å². The minimum Gasteiger partial charge on any atom is -0.259 e. The largest absolute Gasteiger partial charge is 0.485 e. The van der Waals surface area contributed by atoms with Gasteiger partial charge in [0.1, 0.15) is 0 Å². The molecule has 0 fully saturated rings. The van der Waals surface area contributed by atoms with Crippen LogP contribution in [0.15, 0.2) is 76.8 Å². The second-order valence-electron chi connectivity index (χ2n) is 11.8. The molecule has 2 aliphatic heterocycles. The Morgan fingerprint density at radius 2 is 1.12 bits per heavy atom. The van der Waals surface area contributed by atoms with Crippen LogP contribution in [-0.4, -0.2) is 22.7 Å². The van der Waals surface area contributed by atoms with Gasteiger partial charge in [0.05, 0.1) is 22.3 Å². The minimum absolute atomic E-state index is 0.0227. The average Bonchev–Trinajstić information content (AvgIpc) is 3.34. The number of benzene rings is 4. The molecule has 0 saturated heterocycles. The third-order valence-corrected chi connectivity index (χ3v) is 11.7. The van der Waals surface area contributed by atoms with Crippen molar-refractivity contribution in [2.45, 2.75) is 39.9 Å². The molecule has 0 bridgehead atoms. The molecule has 2 atom stereocenters. The van der Waals surface area contributed by atoms with E-state index in [1.807, 2.05) is 0 Å². The van der Waals surface area contributed by atoms with E-state index in [-0.39, 0.29) is 5.92 Å². The van der Waals surface area contributed by atoms with Crippen LogP contribution in [0.4, 0.5) is 0 Å². The van der Waals surface area contributed by atoms with Crippen LogP contribution in [0, 0.1) is 0 Å². The molecule has 0 spiro atoms. The van der Waals surface area contributed by atoms with E-state index < -0.39 is 11.3 Å². The zero-order chi connectivity index (χ0) is 27.4. The van der Waals surface area contributed by atoms with Crippen LogP contribution in [0.25, 0.3) is 11.1 Å². The first-order valence-electron chi connectivity index (χ1n) is 14.0. The van der Waals surface area contributed by atoms with Crippen molar-refractivity contribution in [3.63, 3.8) is 0 Å². The molecule has 4 aromatic carbocycles. The van der Waals surface area contributed by atoms with E-state index >= 15 is 0 Å². The zero-order valence-electron chi connectivity index (χ0n) is 22.6. The summed E-state index contributed by atoms with van der Waals surface area (Å²) in [5.41, 5.74) is 28.6. The molecule has 1 aromatic heterocycles. The Morgan fingerprint density at radius 1 is 0.659 bits per heavy atom. The Balaban J connectivity index is 1.43. The van der Waals surface area contributed by atoms with E-state index in [1.165, 1.54) is 65.4 Å². The number of rotatable bonds is 2. The van der Waals surface area contributed by atoms with Crippen molar-refractivity contribution >= 4 is 23.5 Å². The van der Waals surface area contributed by atoms with Gasteiger partial charge in [-0.1, -0.05) is 48.5 Å². The van der Waals surface area contributed by atoms with Crippen molar-refractivity contribution in [1.82, 2.24) is 10.2 Å².